The van der Waals surface area contributed by atoms with Crippen LogP contribution in [0.3, 0.4) is 0 Å². The third-order valence-corrected chi connectivity index (χ3v) is 4.35. The van der Waals surface area contributed by atoms with E-state index in [1.807, 2.05) is 51.1 Å². The van der Waals surface area contributed by atoms with E-state index < -0.39 is 0 Å². The smallest absolute Gasteiger partial charge is 0.230 e. The molecule has 0 unspecified atom stereocenters. The molecule has 0 bridgehead atoms. The van der Waals surface area contributed by atoms with Gasteiger partial charge in [-0.25, -0.2) is 4.98 Å². The summed E-state index contributed by atoms with van der Waals surface area (Å²) < 4.78 is 2.06. The maximum atomic E-state index is 12.0. The predicted octanol–water partition coefficient (Wildman–Crippen LogP) is 3.17. The molecule has 6 nitrogen and oxygen atoms in total. The quantitative estimate of drug-likeness (QED) is 0.562. The van der Waals surface area contributed by atoms with Crippen LogP contribution in [0.25, 0.3) is 22.1 Å². The van der Waals surface area contributed by atoms with Crippen LogP contribution in [0.4, 0.5) is 0 Å². The molecule has 7 heteroatoms. The number of carbonyl (C=O) groups excluding carboxylic acids is 1. The van der Waals surface area contributed by atoms with E-state index in [9.17, 15) is 4.79 Å². The highest BCUT2D eigenvalue weighted by Gasteiger charge is 2.16. The Bertz CT molecular complexity index is 942. The van der Waals surface area contributed by atoms with Crippen LogP contribution in [0.15, 0.2) is 42.1 Å². The van der Waals surface area contributed by atoms with Gasteiger partial charge in [-0.2, -0.15) is 0 Å². The molecule has 0 aliphatic carbocycles. The van der Waals surface area contributed by atoms with E-state index in [0.717, 1.165) is 22.1 Å². The zero-order chi connectivity index (χ0) is 18.0. The molecule has 0 aliphatic heterocycles. The monoisotopic (exact) mass is 355 g/mol. The number of rotatable bonds is 5. The molecule has 1 amide bonds. The van der Waals surface area contributed by atoms with E-state index in [2.05, 4.69) is 31.6 Å². The molecule has 3 aromatic rings. The first-order valence-electron chi connectivity index (χ1n) is 8.05. The van der Waals surface area contributed by atoms with E-state index in [4.69, 9.17) is 0 Å². The number of thioether (sulfide) groups is 1. The molecule has 0 atom stereocenters. The molecule has 0 saturated heterocycles. The number of hydrogen-bond acceptors (Lipinski definition) is 5. The maximum Gasteiger partial charge on any atom is 0.230 e. The van der Waals surface area contributed by atoms with E-state index in [1.165, 1.54) is 11.8 Å². The Morgan fingerprint density at radius 1 is 1.32 bits per heavy atom. The first-order valence-corrected chi connectivity index (χ1v) is 9.04. The molecule has 1 aromatic carbocycles. The van der Waals surface area contributed by atoms with E-state index in [1.54, 1.807) is 0 Å². The zero-order valence-corrected chi connectivity index (χ0v) is 15.4. The van der Waals surface area contributed by atoms with Crippen molar-refractivity contribution in [1.29, 1.82) is 0 Å². The van der Waals surface area contributed by atoms with Crippen LogP contribution in [-0.4, -0.2) is 36.9 Å². The van der Waals surface area contributed by atoms with Crippen molar-refractivity contribution >= 4 is 39.7 Å². The Balaban J connectivity index is 1.91. The lowest BCUT2D eigenvalue weighted by Gasteiger charge is -2.20. The summed E-state index contributed by atoms with van der Waals surface area (Å²) in [5.41, 5.74) is 2.32. The van der Waals surface area contributed by atoms with Crippen LogP contribution >= 0.6 is 11.8 Å². The van der Waals surface area contributed by atoms with Gasteiger partial charge >= 0.3 is 0 Å². The highest BCUT2D eigenvalue weighted by Crippen LogP contribution is 2.27. The lowest BCUT2D eigenvalue weighted by atomic mass is 10.1. The van der Waals surface area contributed by atoms with Crippen molar-refractivity contribution < 1.29 is 4.79 Å². The van der Waals surface area contributed by atoms with Crippen molar-refractivity contribution in [3.05, 3.63) is 36.9 Å². The highest BCUT2D eigenvalue weighted by atomic mass is 32.2. The number of para-hydroxylation sites is 1. The van der Waals surface area contributed by atoms with Gasteiger partial charge in [0.25, 0.3) is 0 Å². The Labute approximate surface area is 150 Å². The Kier molecular flexibility index (Phi) is 4.76. The second-order valence-electron chi connectivity index (χ2n) is 6.77. The van der Waals surface area contributed by atoms with Gasteiger partial charge in [-0.05, 0) is 26.8 Å². The Morgan fingerprint density at radius 3 is 2.80 bits per heavy atom. The number of nitrogens with zero attached hydrogens (tertiary/aromatic N) is 4. The standard InChI is InChI=1S/C18H21N5OS/c1-5-10-23-13-9-7-6-8-12(13)15-16(23)19-17(22-21-15)25-11-14(24)20-18(2,3)4/h5-9H,1,10-11H2,2-4H3,(H,20,24). The van der Waals surface area contributed by atoms with Gasteiger partial charge in [0.1, 0.15) is 5.52 Å². The van der Waals surface area contributed by atoms with Crippen molar-refractivity contribution in [1.82, 2.24) is 25.1 Å². The van der Waals surface area contributed by atoms with Crippen molar-refractivity contribution in [2.75, 3.05) is 5.75 Å². The molecule has 0 radical (unpaired) electrons. The molecule has 0 saturated carbocycles. The number of amides is 1. The third-order valence-electron chi connectivity index (χ3n) is 3.51. The molecule has 0 aliphatic rings. The van der Waals surface area contributed by atoms with Gasteiger partial charge in [0.2, 0.25) is 11.1 Å². The van der Waals surface area contributed by atoms with Crippen LogP contribution in [-0.2, 0) is 11.3 Å². The Morgan fingerprint density at radius 2 is 2.08 bits per heavy atom. The fourth-order valence-corrected chi connectivity index (χ4v) is 3.23. The molecule has 3 rings (SSSR count). The van der Waals surface area contributed by atoms with Gasteiger partial charge < -0.3 is 9.88 Å². The average Bonchev–Trinajstić information content (AvgIpc) is 2.86. The van der Waals surface area contributed by atoms with Crippen LogP contribution < -0.4 is 5.32 Å². The van der Waals surface area contributed by atoms with Crippen molar-refractivity contribution in [2.45, 2.75) is 38.0 Å². The summed E-state index contributed by atoms with van der Waals surface area (Å²) in [4.78, 5) is 16.6. The number of aromatic nitrogens is 4. The zero-order valence-electron chi connectivity index (χ0n) is 14.6. The molecule has 1 N–H and O–H groups in total. The molecular formula is C18H21N5OS. The van der Waals surface area contributed by atoms with Crippen LogP contribution in [0.2, 0.25) is 0 Å². The van der Waals surface area contributed by atoms with Crippen molar-refractivity contribution in [3.8, 4) is 0 Å². The van der Waals surface area contributed by atoms with E-state index in [0.29, 0.717) is 11.7 Å². The predicted molar refractivity (Wildman–Crippen MR) is 102 cm³/mol. The molecule has 0 fully saturated rings. The average molecular weight is 355 g/mol. The Hall–Kier alpha value is -2.41. The van der Waals surface area contributed by atoms with Crippen molar-refractivity contribution in [2.24, 2.45) is 0 Å². The molecule has 2 aromatic heterocycles. The number of carbonyl (C=O) groups is 1. The normalized spacial score (nSPS) is 11.8. The minimum atomic E-state index is -0.253. The van der Waals surface area contributed by atoms with Crippen LogP contribution in [0, 0.1) is 0 Å². The lowest BCUT2D eigenvalue weighted by Crippen LogP contribution is -2.41. The topological polar surface area (TPSA) is 72.7 Å². The fraction of sp³-hybridized carbons (Fsp3) is 0.333. The largest absolute Gasteiger partial charge is 0.351 e. The van der Waals surface area contributed by atoms with Gasteiger partial charge in [0.15, 0.2) is 5.65 Å². The summed E-state index contributed by atoms with van der Waals surface area (Å²) in [6.45, 7) is 10.3. The number of fused-ring (bicyclic) bond motifs is 3. The van der Waals surface area contributed by atoms with Gasteiger partial charge in [-0.3, -0.25) is 4.79 Å². The second-order valence-corrected chi connectivity index (χ2v) is 7.71. The minimum Gasteiger partial charge on any atom is -0.351 e. The summed E-state index contributed by atoms with van der Waals surface area (Å²) in [5, 5.41) is 13.0. The summed E-state index contributed by atoms with van der Waals surface area (Å²) in [7, 11) is 0. The highest BCUT2D eigenvalue weighted by molar-refractivity contribution is 7.99. The lowest BCUT2D eigenvalue weighted by molar-refractivity contribution is -0.119. The number of benzene rings is 1. The summed E-state index contributed by atoms with van der Waals surface area (Å²) >= 11 is 1.28. The van der Waals surface area contributed by atoms with Gasteiger partial charge in [-0.15, -0.1) is 16.8 Å². The summed E-state index contributed by atoms with van der Waals surface area (Å²) in [5.74, 6) is 0.208. The maximum absolute atomic E-state index is 12.0. The minimum absolute atomic E-state index is 0.0483. The number of allylic oxidation sites excluding steroid dienone is 1. The van der Waals surface area contributed by atoms with Gasteiger partial charge in [0, 0.05) is 17.5 Å². The van der Waals surface area contributed by atoms with Gasteiger partial charge in [0.05, 0.1) is 11.3 Å². The molecule has 130 valence electrons. The van der Waals surface area contributed by atoms with E-state index in [-0.39, 0.29) is 17.2 Å². The van der Waals surface area contributed by atoms with Crippen LogP contribution in [0.1, 0.15) is 20.8 Å². The first-order chi connectivity index (χ1) is 11.9. The van der Waals surface area contributed by atoms with Gasteiger partial charge in [-0.1, -0.05) is 36.0 Å². The molecule has 2 heterocycles. The van der Waals surface area contributed by atoms with Crippen LogP contribution in [0.5, 0.6) is 0 Å². The van der Waals surface area contributed by atoms with Crippen molar-refractivity contribution in [3.63, 3.8) is 0 Å². The SMILES string of the molecule is C=CCn1c2ccccc2c2nnc(SCC(=O)NC(C)(C)C)nc21. The second kappa shape index (κ2) is 6.84. The fourth-order valence-electron chi connectivity index (χ4n) is 2.65. The molecular weight excluding hydrogens is 334 g/mol. The van der Waals surface area contributed by atoms with E-state index >= 15 is 0 Å². The number of nitrogens with one attached hydrogen (secondary N) is 1. The molecule has 0 spiro atoms. The third kappa shape index (κ3) is 3.82. The first kappa shape index (κ1) is 17.4. The number of hydrogen-bond donors (Lipinski definition) is 1. The summed E-state index contributed by atoms with van der Waals surface area (Å²) in [6, 6.07) is 8.00. The summed E-state index contributed by atoms with van der Waals surface area (Å²) in [6.07, 6.45) is 1.83. The molecule has 25 heavy (non-hydrogen) atoms.